The summed E-state index contributed by atoms with van der Waals surface area (Å²) >= 11 is 2.33. The number of carbonyl (C=O) groups is 1. The Morgan fingerprint density at radius 3 is 2.59 bits per heavy atom. The molecule has 0 spiro atoms. The summed E-state index contributed by atoms with van der Waals surface area (Å²) in [6, 6.07) is 9.22. The summed E-state index contributed by atoms with van der Waals surface area (Å²) in [6.45, 7) is 5.64. The van der Waals surface area contributed by atoms with E-state index in [4.69, 9.17) is 0 Å². The van der Waals surface area contributed by atoms with Gasteiger partial charge in [0.25, 0.3) is 0 Å². The quantitative estimate of drug-likeness (QED) is 0.377. The van der Waals surface area contributed by atoms with Crippen molar-refractivity contribution in [3.05, 3.63) is 48.6 Å². The van der Waals surface area contributed by atoms with Gasteiger partial charge in [0.2, 0.25) is 5.91 Å². The van der Waals surface area contributed by atoms with Crippen LogP contribution in [0, 0.1) is 5.92 Å². The maximum Gasteiger partial charge on any atom is 0.226 e. The van der Waals surface area contributed by atoms with Crippen molar-refractivity contribution in [2.75, 3.05) is 11.5 Å². The van der Waals surface area contributed by atoms with E-state index in [0.29, 0.717) is 6.42 Å². The minimum absolute atomic E-state index is 0.0392. The van der Waals surface area contributed by atoms with Crippen LogP contribution in [-0.4, -0.2) is 33.4 Å². The summed E-state index contributed by atoms with van der Waals surface area (Å²) < 4.78 is 1.05. The molecule has 122 valence electrons. The number of amides is 1. The molecule has 22 heavy (non-hydrogen) atoms. The Labute approximate surface area is 147 Å². The van der Waals surface area contributed by atoms with Gasteiger partial charge in [-0.25, -0.2) is 0 Å². The van der Waals surface area contributed by atoms with Gasteiger partial charge in [0, 0.05) is 13.0 Å². The SMILES string of the molecule is C=CC[C@@H](CCCI)C(=O)N(C)[C@@H](C)[C@@H](O)c1ccccc1. The van der Waals surface area contributed by atoms with Gasteiger partial charge in [0.1, 0.15) is 0 Å². The van der Waals surface area contributed by atoms with Gasteiger partial charge in [-0.2, -0.15) is 0 Å². The fourth-order valence-corrected chi connectivity index (χ4v) is 2.94. The van der Waals surface area contributed by atoms with E-state index in [1.807, 2.05) is 43.3 Å². The minimum Gasteiger partial charge on any atom is -0.386 e. The summed E-state index contributed by atoms with van der Waals surface area (Å²) in [5.74, 6) is 0.0509. The highest BCUT2D eigenvalue weighted by molar-refractivity contribution is 14.1. The molecule has 1 aromatic carbocycles. The number of nitrogens with zero attached hydrogens (tertiary/aromatic N) is 1. The Bertz CT molecular complexity index is 463. The number of likely N-dealkylation sites (N-methyl/N-ethyl adjacent to an activating group) is 1. The number of carbonyl (C=O) groups excluding carboxylic acids is 1. The number of alkyl halides is 1. The van der Waals surface area contributed by atoms with Crippen LogP contribution in [0.3, 0.4) is 0 Å². The zero-order valence-corrected chi connectivity index (χ0v) is 15.6. The molecule has 0 aliphatic rings. The van der Waals surface area contributed by atoms with Crippen LogP contribution >= 0.6 is 22.6 Å². The van der Waals surface area contributed by atoms with Crippen molar-refractivity contribution in [2.45, 2.75) is 38.3 Å². The first kappa shape index (κ1) is 19.2. The number of halogens is 1. The molecule has 0 aliphatic carbocycles. The van der Waals surface area contributed by atoms with Crippen LogP contribution in [0.2, 0.25) is 0 Å². The summed E-state index contributed by atoms with van der Waals surface area (Å²) in [4.78, 5) is 14.4. The monoisotopic (exact) mass is 415 g/mol. The molecule has 0 bridgehead atoms. The smallest absolute Gasteiger partial charge is 0.226 e. The molecule has 0 saturated carbocycles. The lowest BCUT2D eigenvalue weighted by molar-refractivity contribution is -0.138. The number of aliphatic hydroxyl groups is 1. The number of hydrogen-bond acceptors (Lipinski definition) is 2. The lowest BCUT2D eigenvalue weighted by Gasteiger charge is -2.32. The van der Waals surface area contributed by atoms with Crippen LogP contribution in [0.25, 0.3) is 0 Å². The summed E-state index contributed by atoms with van der Waals surface area (Å²) in [6.07, 6.45) is 3.71. The number of aliphatic hydroxyl groups excluding tert-OH is 1. The van der Waals surface area contributed by atoms with Crippen LogP contribution < -0.4 is 0 Å². The minimum atomic E-state index is -0.677. The summed E-state index contributed by atoms with van der Waals surface area (Å²) in [5, 5.41) is 10.5. The zero-order valence-electron chi connectivity index (χ0n) is 13.4. The van der Waals surface area contributed by atoms with Crippen molar-refractivity contribution in [3.8, 4) is 0 Å². The predicted molar refractivity (Wildman–Crippen MR) is 100 cm³/mol. The first-order valence-corrected chi connectivity index (χ1v) is 9.22. The highest BCUT2D eigenvalue weighted by atomic mass is 127. The molecule has 1 aromatic rings. The normalized spacial score (nSPS) is 14.9. The molecule has 1 rings (SSSR count). The van der Waals surface area contributed by atoms with Gasteiger partial charge in [-0.3, -0.25) is 4.79 Å². The van der Waals surface area contributed by atoms with Gasteiger partial charge in [0.15, 0.2) is 0 Å². The van der Waals surface area contributed by atoms with E-state index in [1.165, 1.54) is 0 Å². The third-order valence-electron chi connectivity index (χ3n) is 4.04. The standard InChI is InChI=1S/C18H26INO2/c1-4-9-16(12-8-13-19)18(22)20(3)14(2)17(21)15-10-6-5-7-11-15/h4-7,10-11,14,16-17,21H,1,8-9,12-13H2,2-3H3/t14-,16-,17+/m0/s1. The molecule has 0 radical (unpaired) electrons. The molecule has 0 fully saturated rings. The molecular weight excluding hydrogens is 389 g/mol. The van der Waals surface area contributed by atoms with Gasteiger partial charge in [-0.1, -0.05) is 59.0 Å². The molecule has 0 unspecified atom stereocenters. The molecule has 1 amide bonds. The Morgan fingerprint density at radius 2 is 2.05 bits per heavy atom. The van der Waals surface area contributed by atoms with E-state index in [-0.39, 0.29) is 17.9 Å². The highest BCUT2D eigenvalue weighted by Crippen LogP contribution is 2.23. The second-order valence-corrected chi connectivity index (χ2v) is 6.68. The molecule has 1 N–H and O–H groups in total. The summed E-state index contributed by atoms with van der Waals surface area (Å²) in [7, 11) is 1.78. The lowest BCUT2D eigenvalue weighted by atomic mass is 9.96. The van der Waals surface area contributed by atoms with Crippen LogP contribution in [0.1, 0.15) is 37.9 Å². The topological polar surface area (TPSA) is 40.5 Å². The van der Waals surface area contributed by atoms with E-state index in [1.54, 1.807) is 11.9 Å². The van der Waals surface area contributed by atoms with E-state index in [9.17, 15) is 9.90 Å². The van der Waals surface area contributed by atoms with Crippen LogP contribution in [-0.2, 0) is 4.79 Å². The second kappa shape index (κ2) is 10.0. The van der Waals surface area contributed by atoms with Gasteiger partial charge in [-0.15, -0.1) is 6.58 Å². The molecular formula is C18H26INO2. The fraction of sp³-hybridized carbons (Fsp3) is 0.500. The van der Waals surface area contributed by atoms with Crippen LogP contribution in [0.5, 0.6) is 0 Å². The number of rotatable bonds is 9. The number of allylic oxidation sites excluding steroid dienone is 1. The van der Waals surface area contributed by atoms with Gasteiger partial charge in [0.05, 0.1) is 12.1 Å². The van der Waals surface area contributed by atoms with Crippen molar-refractivity contribution in [1.29, 1.82) is 0 Å². The zero-order chi connectivity index (χ0) is 16.5. The van der Waals surface area contributed by atoms with Crippen LogP contribution in [0.15, 0.2) is 43.0 Å². The Hall–Kier alpha value is -0.880. The van der Waals surface area contributed by atoms with Crippen molar-refractivity contribution >= 4 is 28.5 Å². The molecule has 3 atom stereocenters. The molecule has 0 aliphatic heterocycles. The van der Waals surface area contributed by atoms with E-state index in [2.05, 4.69) is 29.2 Å². The highest BCUT2D eigenvalue weighted by Gasteiger charge is 2.28. The lowest BCUT2D eigenvalue weighted by Crippen LogP contribution is -2.42. The largest absolute Gasteiger partial charge is 0.386 e. The van der Waals surface area contributed by atoms with E-state index >= 15 is 0 Å². The Balaban J connectivity index is 2.76. The summed E-state index contributed by atoms with van der Waals surface area (Å²) in [5.41, 5.74) is 0.835. The first-order chi connectivity index (χ1) is 10.5. The molecule has 0 saturated heterocycles. The van der Waals surface area contributed by atoms with Crippen molar-refractivity contribution in [2.24, 2.45) is 5.92 Å². The van der Waals surface area contributed by atoms with Crippen molar-refractivity contribution < 1.29 is 9.90 Å². The van der Waals surface area contributed by atoms with Crippen molar-refractivity contribution in [3.63, 3.8) is 0 Å². The Kier molecular flexibility index (Phi) is 8.71. The van der Waals surface area contributed by atoms with E-state index < -0.39 is 6.10 Å². The molecule has 0 heterocycles. The first-order valence-electron chi connectivity index (χ1n) is 7.69. The molecule has 0 aromatic heterocycles. The number of hydrogen-bond donors (Lipinski definition) is 1. The third-order valence-corrected chi connectivity index (χ3v) is 4.81. The number of benzene rings is 1. The molecule has 4 heteroatoms. The van der Waals surface area contributed by atoms with Gasteiger partial charge in [-0.05, 0) is 36.2 Å². The van der Waals surface area contributed by atoms with Crippen LogP contribution in [0.4, 0.5) is 0 Å². The fourth-order valence-electron chi connectivity index (χ4n) is 2.50. The molecule has 3 nitrogen and oxygen atoms in total. The third kappa shape index (κ3) is 5.39. The average Bonchev–Trinajstić information content (AvgIpc) is 2.56. The van der Waals surface area contributed by atoms with Crippen molar-refractivity contribution in [1.82, 2.24) is 4.90 Å². The van der Waals surface area contributed by atoms with Gasteiger partial charge >= 0.3 is 0 Å². The predicted octanol–water partition coefficient (Wildman–Crippen LogP) is 3.97. The maximum atomic E-state index is 12.7. The second-order valence-electron chi connectivity index (χ2n) is 5.60. The Morgan fingerprint density at radius 1 is 1.41 bits per heavy atom. The van der Waals surface area contributed by atoms with Gasteiger partial charge < -0.3 is 10.0 Å². The average molecular weight is 415 g/mol. The maximum absolute atomic E-state index is 12.7. The van der Waals surface area contributed by atoms with E-state index in [0.717, 1.165) is 22.8 Å².